The van der Waals surface area contributed by atoms with E-state index in [1.54, 1.807) is 18.2 Å². The smallest absolute Gasteiger partial charge is 0.123 e. The summed E-state index contributed by atoms with van der Waals surface area (Å²) in [5.41, 5.74) is 6.64. The highest BCUT2D eigenvalue weighted by atomic mass is 35.5. The third kappa shape index (κ3) is 4.52. The van der Waals surface area contributed by atoms with E-state index in [9.17, 15) is 0 Å². The fraction of sp³-hybridized carbons (Fsp3) is 0.571. The average Bonchev–Trinajstić information content (AvgIpc) is 2.73. The molecule has 2 aromatic carbocycles. The zero-order valence-electron chi connectivity index (χ0n) is 20.0. The molecule has 170 valence electrons. The van der Waals surface area contributed by atoms with Crippen LogP contribution in [0.1, 0.15) is 81.5 Å². The standard InChI is InChI=1S/C28H39NO.ClH/c1-20(2)21-11-13-24-22(17-21)12-14-26-27(3,15-8-16-28(24,26)4)19-29-18-23-9-6-7-10-25(23)30-5;/h6-7,9-11,13,17,20,26,29H,8,12,14-16,18-19H2,1-5H3;1H/t26-,27-,28+;/m1./s1. The highest BCUT2D eigenvalue weighted by Gasteiger charge is 2.51. The Hall–Kier alpha value is -1.51. The first-order chi connectivity index (χ1) is 14.4. The van der Waals surface area contributed by atoms with Gasteiger partial charge in [0, 0.05) is 18.7 Å². The van der Waals surface area contributed by atoms with Crippen LogP contribution in [0, 0.1) is 11.3 Å². The van der Waals surface area contributed by atoms with Gasteiger partial charge in [-0.3, -0.25) is 0 Å². The van der Waals surface area contributed by atoms with Gasteiger partial charge in [-0.15, -0.1) is 12.4 Å². The predicted octanol–water partition coefficient (Wildman–Crippen LogP) is 7.04. The summed E-state index contributed by atoms with van der Waals surface area (Å²) < 4.78 is 5.54. The molecule has 0 spiro atoms. The first-order valence-electron chi connectivity index (χ1n) is 11.8. The van der Waals surface area contributed by atoms with Crippen LogP contribution in [0.4, 0.5) is 0 Å². The van der Waals surface area contributed by atoms with Crippen molar-refractivity contribution >= 4 is 12.4 Å². The van der Waals surface area contributed by atoms with Crippen LogP contribution in [-0.4, -0.2) is 13.7 Å². The lowest BCUT2D eigenvalue weighted by Crippen LogP contribution is -2.52. The molecule has 0 aromatic heterocycles. The van der Waals surface area contributed by atoms with Crippen molar-refractivity contribution in [1.29, 1.82) is 0 Å². The molecule has 1 fully saturated rings. The molecule has 0 amide bonds. The van der Waals surface area contributed by atoms with Crippen LogP contribution in [0.15, 0.2) is 42.5 Å². The van der Waals surface area contributed by atoms with Crippen molar-refractivity contribution in [2.24, 2.45) is 11.3 Å². The van der Waals surface area contributed by atoms with Crippen LogP contribution in [0.3, 0.4) is 0 Å². The van der Waals surface area contributed by atoms with Gasteiger partial charge < -0.3 is 10.1 Å². The van der Waals surface area contributed by atoms with E-state index in [4.69, 9.17) is 4.74 Å². The van der Waals surface area contributed by atoms with Gasteiger partial charge in [0.15, 0.2) is 0 Å². The molecule has 3 atom stereocenters. The Balaban J connectivity index is 0.00000272. The van der Waals surface area contributed by atoms with Crippen molar-refractivity contribution in [3.8, 4) is 5.75 Å². The number of nitrogens with one attached hydrogen (secondary N) is 1. The number of halogens is 1. The minimum atomic E-state index is 0. The highest BCUT2D eigenvalue weighted by molar-refractivity contribution is 5.85. The van der Waals surface area contributed by atoms with Crippen molar-refractivity contribution in [3.05, 3.63) is 64.7 Å². The lowest BCUT2D eigenvalue weighted by molar-refractivity contribution is 0.0256. The maximum atomic E-state index is 5.54. The Morgan fingerprint density at radius 2 is 1.87 bits per heavy atom. The molecule has 2 aliphatic rings. The number of aryl methyl sites for hydroxylation is 1. The van der Waals surface area contributed by atoms with E-state index in [1.807, 2.05) is 6.07 Å². The van der Waals surface area contributed by atoms with Gasteiger partial charge in [0.05, 0.1) is 7.11 Å². The summed E-state index contributed by atoms with van der Waals surface area (Å²) in [6.45, 7) is 11.7. The summed E-state index contributed by atoms with van der Waals surface area (Å²) in [6, 6.07) is 15.7. The maximum Gasteiger partial charge on any atom is 0.123 e. The van der Waals surface area contributed by atoms with Crippen molar-refractivity contribution < 1.29 is 4.74 Å². The predicted molar refractivity (Wildman–Crippen MR) is 134 cm³/mol. The number of benzene rings is 2. The van der Waals surface area contributed by atoms with Gasteiger partial charge in [-0.25, -0.2) is 0 Å². The van der Waals surface area contributed by atoms with Gasteiger partial charge in [-0.1, -0.05) is 70.5 Å². The first-order valence-corrected chi connectivity index (χ1v) is 11.8. The minimum Gasteiger partial charge on any atom is -0.496 e. The van der Waals surface area contributed by atoms with Crippen LogP contribution >= 0.6 is 12.4 Å². The lowest BCUT2D eigenvalue weighted by Gasteiger charge is -2.55. The van der Waals surface area contributed by atoms with E-state index in [2.05, 4.69) is 69.4 Å². The Morgan fingerprint density at radius 3 is 2.61 bits per heavy atom. The maximum absolute atomic E-state index is 5.54. The van der Waals surface area contributed by atoms with Crippen molar-refractivity contribution in [2.75, 3.05) is 13.7 Å². The van der Waals surface area contributed by atoms with Crippen LogP contribution in [0.2, 0.25) is 0 Å². The molecule has 0 aliphatic heterocycles. The number of hydrogen-bond donors (Lipinski definition) is 1. The SMILES string of the molecule is COc1ccccc1CNC[C@@]1(C)CCC[C@@]2(C)c3ccc(C(C)C)cc3CC[C@H]12.Cl. The summed E-state index contributed by atoms with van der Waals surface area (Å²) >= 11 is 0. The van der Waals surface area contributed by atoms with Crippen molar-refractivity contribution in [3.63, 3.8) is 0 Å². The fourth-order valence-electron chi connectivity index (χ4n) is 6.55. The molecule has 31 heavy (non-hydrogen) atoms. The molecule has 0 bridgehead atoms. The number of ether oxygens (including phenoxy) is 1. The number of hydrogen-bond acceptors (Lipinski definition) is 2. The Bertz CT molecular complexity index is 894. The van der Waals surface area contributed by atoms with Gasteiger partial charge in [0.2, 0.25) is 0 Å². The largest absolute Gasteiger partial charge is 0.496 e. The molecule has 0 unspecified atom stereocenters. The molecule has 4 rings (SSSR count). The van der Waals surface area contributed by atoms with Crippen LogP contribution < -0.4 is 10.1 Å². The van der Waals surface area contributed by atoms with E-state index in [0.717, 1.165) is 24.8 Å². The number of rotatable bonds is 6. The van der Waals surface area contributed by atoms with Crippen molar-refractivity contribution in [2.45, 2.75) is 77.7 Å². The van der Waals surface area contributed by atoms with E-state index in [-0.39, 0.29) is 12.4 Å². The summed E-state index contributed by atoms with van der Waals surface area (Å²) in [5.74, 6) is 2.33. The second-order valence-electron chi connectivity index (χ2n) is 10.5. The number of para-hydroxylation sites is 1. The van der Waals surface area contributed by atoms with E-state index in [1.165, 1.54) is 43.2 Å². The molecule has 0 radical (unpaired) electrons. The van der Waals surface area contributed by atoms with E-state index < -0.39 is 0 Å². The summed E-state index contributed by atoms with van der Waals surface area (Å²) in [5, 5.41) is 3.80. The minimum absolute atomic E-state index is 0. The van der Waals surface area contributed by atoms with Gasteiger partial charge in [0.25, 0.3) is 0 Å². The lowest BCUT2D eigenvalue weighted by atomic mass is 9.49. The topological polar surface area (TPSA) is 21.3 Å². The zero-order chi connectivity index (χ0) is 21.4. The molecule has 2 nitrogen and oxygen atoms in total. The number of fused-ring (bicyclic) bond motifs is 3. The monoisotopic (exact) mass is 441 g/mol. The molecule has 2 aliphatic carbocycles. The number of methoxy groups -OCH3 is 1. The van der Waals surface area contributed by atoms with Gasteiger partial charge in [0.1, 0.15) is 5.75 Å². The van der Waals surface area contributed by atoms with E-state index in [0.29, 0.717) is 16.7 Å². The van der Waals surface area contributed by atoms with Gasteiger partial charge in [-0.2, -0.15) is 0 Å². The van der Waals surface area contributed by atoms with Crippen LogP contribution in [0.25, 0.3) is 0 Å². The molecule has 1 N–H and O–H groups in total. The van der Waals surface area contributed by atoms with Crippen LogP contribution in [0.5, 0.6) is 5.75 Å². The second kappa shape index (κ2) is 9.55. The molecule has 2 aromatic rings. The molecular weight excluding hydrogens is 402 g/mol. The molecule has 0 saturated heterocycles. The quantitative estimate of drug-likeness (QED) is 0.518. The van der Waals surface area contributed by atoms with Crippen molar-refractivity contribution in [1.82, 2.24) is 5.32 Å². The Labute approximate surface area is 195 Å². The molecule has 0 heterocycles. The summed E-state index contributed by atoms with van der Waals surface area (Å²) in [6.07, 6.45) is 6.53. The van der Waals surface area contributed by atoms with E-state index >= 15 is 0 Å². The Kier molecular flexibility index (Phi) is 7.43. The molecule has 1 saturated carbocycles. The highest BCUT2D eigenvalue weighted by Crippen LogP contribution is 2.57. The van der Waals surface area contributed by atoms with Gasteiger partial charge in [-0.05, 0) is 71.1 Å². The van der Waals surface area contributed by atoms with Gasteiger partial charge >= 0.3 is 0 Å². The summed E-state index contributed by atoms with van der Waals surface area (Å²) in [4.78, 5) is 0. The van der Waals surface area contributed by atoms with Crippen LogP contribution in [-0.2, 0) is 18.4 Å². The average molecular weight is 442 g/mol. The second-order valence-corrected chi connectivity index (χ2v) is 10.5. The first kappa shape index (κ1) is 24.1. The normalized spacial score (nSPS) is 27.2. The third-order valence-corrected chi connectivity index (χ3v) is 8.20. The Morgan fingerprint density at radius 1 is 1.10 bits per heavy atom. The third-order valence-electron chi connectivity index (χ3n) is 8.20. The molecular formula is C28H40ClNO. The fourth-order valence-corrected chi connectivity index (χ4v) is 6.55. The summed E-state index contributed by atoms with van der Waals surface area (Å²) in [7, 11) is 1.76. The molecule has 3 heteroatoms. The zero-order valence-corrected chi connectivity index (χ0v) is 20.8.